The fraction of sp³-hybridized carbons (Fsp3) is 0.600. The highest BCUT2D eigenvalue weighted by atomic mass is 16.5. The molecule has 1 unspecified atom stereocenters. The third-order valence-electron chi connectivity index (χ3n) is 3.74. The van der Waals surface area contributed by atoms with E-state index in [1.165, 1.54) is 7.11 Å². The molecule has 2 rings (SSSR count). The summed E-state index contributed by atoms with van der Waals surface area (Å²) in [5, 5.41) is 3.14. The zero-order valence-corrected chi connectivity index (χ0v) is 12.8. The minimum Gasteiger partial charge on any atom is -0.465 e. The van der Waals surface area contributed by atoms with Gasteiger partial charge in [0.05, 0.1) is 19.7 Å². The number of amides is 1. The molecule has 1 amide bonds. The van der Waals surface area contributed by atoms with Gasteiger partial charge in [-0.05, 0) is 32.8 Å². The van der Waals surface area contributed by atoms with Gasteiger partial charge in [0, 0.05) is 13.1 Å². The van der Waals surface area contributed by atoms with E-state index in [0.29, 0.717) is 23.6 Å². The molecule has 0 spiro atoms. The molecule has 1 fully saturated rings. The van der Waals surface area contributed by atoms with Gasteiger partial charge in [0.1, 0.15) is 17.1 Å². The zero-order valence-electron chi connectivity index (χ0n) is 12.8. The van der Waals surface area contributed by atoms with E-state index in [4.69, 9.17) is 4.42 Å². The summed E-state index contributed by atoms with van der Waals surface area (Å²) in [5.41, 5.74) is 0.424. The van der Waals surface area contributed by atoms with Crippen LogP contribution in [0.1, 0.15) is 41.6 Å². The van der Waals surface area contributed by atoms with E-state index in [1.54, 1.807) is 13.0 Å². The first-order valence-corrected chi connectivity index (χ1v) is 7.22. The topological polar surface area (TPSA) is 71.8 Å². The first-order valence-electron chi connectivity index (χ1n) is 7.22. The molecule has 1 aliphatic heterocycles. The standard InChI is InChI=1S/C15H22N2O4/c1-10(14(18)17-6-4-5-7-17)16-9-12-8-13(11(2)21-12)15(19)20-3/h8,10,16H,4-7,9H2,1-3H3. The van der Waals surface area contributed by atoms with E-state index < -0.39 is 5.97 Å². The summed E-state index contributed by atoms with van der Waals surface area (Å²) in [6, 6.07) is 1.39. The van der Waals surface area contributed by atoms with Crippen molar-refractivity contribution in [3.8, 4) is 0 Å². The van der Waals surface area contributed by atoms with Crippen LogP contribution in [0.25, 0.3) is 0 Å². The lowest BCUT2D eigenvalue weighted by atomic mass is 10.2. The van der Waals surface area contributed by atoms with E-state index in [-0.39, 0.29) is 11.9 Å². The highest BCUT2D eigenvalue weighted by Gasteiger charge is 2.23. The van der Waals surface area contributed by atoms with E-state index >= 15 is 0 Å². The first kappa shape index (κ1) is 15.6. The van der Waals surface area contributed by atoms with Crippen molar-refractivity contribution in [2.75, 3.05) is 20.2 Å². The van der Waals surface area contributed by atoms with Crippen LogP contribution in [0, 0.1) is 6.92 Å². The zero-order chi connectivity index (χ0) is 15.4. The molecule has 1 N–H and O–H groups in total. The van der Waals surface area contributed by atoms with Crippen LogP contribution >= 0.6 is 0 Å². The average Bonchev–Trinajstić information content (AvgIpc) is 3.12. The highest BCUT2D eigenvalue weighted by molar-refractivity contribution is 5.90. The van der Waals surface area contributed by atoms with Crippen molar-refractivity contribution < 1.29 is 18.7 Å². The Bertz CT molecular complexity index is 518. The fourth-order valence-corrected chi connectivity index (χ4v) is 2.50. The van der Waals surface area contributed by atoms with Gasteiger partial charge in [0.2, 0.25) is 5.91 Å². The van der Waals surface area contributed by atoms with Crippen molar-refractivity contribution in [3.63, 3.8) is 0 Å². The third kappa shape index (κ3) is 3.64. The molecule has 2 heterocycles. The van der Waals surface area contributed by atoms with Crippen molar-refractivity contribution >= 4 is 11.9 Å². The molecule has 0 aliphatic carbocycles. The second-order valence-electron chi connectivity index (χ2n) is 5.31. The van der Waals surface area contributed by atoms with Crippen LogP contribution < -0.4 is 5.32 Å². The minimum absolute atomic E-state index is 0.115. The maximum absolute atomic E-state index is 12.2. The summed E-state index contributed by atoms with van der Waals surface area (Å²) >= 11 is 0. The monoisotopic (exact) mass is 294 g/mol. The summed E-state index contributed by atoms with van der Waals surface area (Å²) in [6.07, 6.45) is 2.16. The molecule has 0 saturated carbocycles. The Labute approximate surface area is 124 Å². The summed E-state index contributed by atoms with van der Waals surface area (Å²) in [7, 11) is 1.34. The number of nitrogens with zero attached hydrogens (tertiary/aromatic N) is 1. The molecule has 21 heavy (non-hydrogen) atoms. The second kappa shape index (κ2) is 6.76. The molecule has 1 aliphatic rings. The van der Waals surface area contributed by atoms with Crippen LogP contribution in [0.5, 0.6) is 0 Å². The van der Waals surface area contributed by atoms with Crippen LogP contribution in [-0.4, -0.2) is 43.0 Å². The van der Waals surface area contributed by atoms with Gasteiger partial charge in [-0.2, -0.15) is 0 Å². The number of carbonyl (C=O) groups excluding carboxylic acids is 2. The van der Waals surface area contributed by atoms with Crippen molar-refractivity contribution in [2.45, 2.75) is 39.3 Å². The maximum Gasteiger partial charge on any atom is 0.341 e. The van der Waals surface area contributed by atoms with Crippen molar-refractivity contribution in [2.24, 2.45) is 0 Å². The van der Waals surface area contributed by atoms with Gasteiger partial charge >= 0.3 is 5.97 Å². The van der Waals surface area contributed by atoms with Crippen LogP contribution in [0.15, 0.2) is 10.5 Å². The largest absolute Gasteiger partial charge is 0.465 e. The Hall–Kier alpha value is -1.82. The van der Waals surface area contributed by atoms with Crippen molar-refractivity contribution in [3.05, 3.63) is 23.2 Å². The molecule has 0 radical (unpaired) electrons. The van der Waals surface area contributed by atoms with Crippen molar-refractivity contribution in [1.82, 2.24) is 10.2 Å². The van der Waals surface area contributed by atoms with Gasteiger partial charge in [0.25, 0.3) is 0 Å². The maximum atomic E-state index is 12.2. The lowest BCUT2D eigenvalue weighted by molar-refractivity contribution is -0.132. The molecule has 0 bridgehead atoms. The molecule has 1 saturated heterocycles. The Morgan fingerprint density at radius 2 is 2.10 bits per heavy atom. The smallest absolute Gasteiger partial charge is 0.341 e. The minimum atomic E-state index is -0.413. The van der Waals surface area contributed by atoms with Gasteiger partial charge in [-0.15, -0.1) is 0 Å². The second-order valence-corrected chi connectivity index (χ2v) is 5.31. The van der Waals surface area contributed by atoms with Crippen molar-refractivity contribution in [1.29, 1.82) is 0 Å². The van der Waals surface area contributed by atoms with Crippen LogP contribution in [0.2, 0.25) is 0 Å². The Morgan fingerprint density at radius 3 is 2.71 bits per heavy atom. The molecule has 6 nitrogen and oxygen atoms in total. The lowest BCUT2D eigenvalue weighted by Crippen LogP contribution is -2.43. The molecule has 0 aromatic carbocycles. The molecular formula is C15H22N2O4. The Morgan fingerprint density at radius 1 is 1.43 bits per heavy atom. The fourth-order valence-electron chi connectivity index (χ4n) is 2.50. The molecule has 6 heteroatoms. The van der Waals surface area contributed by atoms with Gasteiger partial charge in [0.15, 0.2) is 0 Å². The number of hydrogen-bond acceptors (Lipinski definition) is 5. The number of nitrogens with one attached hydrogen (secondary N) is 1. The summed E-state index contributed by atoms with van der Waals surface area (Å²) in [4.78, 5) is 25.5. The van der Waals surface area contributed by atoms with E-state index in [0.717, 1.165) is 25.9 Å². The van der Waals surface area contributed by atoms with Gasteiger partial charge < -0.3 is 14.1 Å². The number of rotatable bonds is 5. The average molecular weight is 294 g/mol. The summed E-state index contributed by atoms with van der Waals surface area (Å²) in [6.45, 7) is 5.65. The number of likely N-dealkylation sites (tertiary alicyclic amines) is 1. The third-order valence-corrected chi connectivity index (χ3v) is 3.74. The van der Waals surface area contributed by atoms with Crippen LogP contribution in [-0.2, 0) is 16.1 Å². The number of furan rings is 1. The number of esters is 1. The summed E-state index contributed by atoms with van der Waals surface area (Å²) in [5.74, 6) is 0.846. The predicted octanol–water partition coefficient (Wildman–Crippen LogP) is 1.48. The number of methoxy groups -OCH3 is 1. The number of carbonyl (C=O) groups is 2. The molecule has 1 atom stereocenters. The first-order chi connectivity index (χ1) is 10.0. The number of hydrogen-bond donors (Lipinski definition) is 1. The molecular weight excluding hydrogens is 272 g/mol. The molecule has 1 aromatic heterocycles. The normalized spacial score (nSPS) is 16.0. The van der Waals surface area contributed by atoms with Crippen LogP contribution in [0.4, 0.5) is 0 Å². The number of aryl methyl sites for hydroxylation is 1. The van der Waals surface area contributed by atoms with Gasteiger partial charge in [-0.25, -0.2) is 4.79 Å². The highest BCUT2D eigenvalue weighted by Crippen LogP contribution is 2.16. The SMILES string of the molecule is COC(=O)c1cc(CNC(C)C(=O)N2CCCC2)oc1C. The van der Waals surface area contributed by atoms with Gasteiger partial charge in [-0.3, -0.25) is 10.1 Å². The Balaban J connectivity index is 1.90. The van der Waals surface area contributed by atoms with Crippen LogP contribution in [0.3, 0.4) is 0 Å². The van der Waals surface area contributed by atoms with Gasteiger partial charge in [-0.1, -0.05) is 0 Å². The van der Waals surface area contributed by atoms with E-state index in [1.807, 2.05) is 11.8 Å². The van der Waals surface area contributed by atoms with E-state index in [9.17, 15) is 9.59 Å². The summed E-state index contributed by atoms with van der Waals surface area (Å²) < 4.78 is 10.2. The number of ether oxygens (including phenoxy) is 1. The quantitative estimate of drug-likeness (QED) is 0.833. The molecule has 1 aromatic rings. The predicted molar refractivity (Wildman–Crippen MR) is 76.9 cm³/mol. The van der Waals surface area contributed by atoms with E-state index in [2.05, 4.69) is 10.1 Å². The lowest BCUT2D eigenvalue weighted by Gasteiger charge is -2.20. The Kier molecular flexibility index (Phi) is 5.01. The molecule has 116 valence electrons.